The van der Waals surface area contributed by atoms with Crippen LogP contribution < -0.4 is 5.32 Å². The van der Waals surface area contributed by atoms with E-state index in [0.29, 0.717) is 25.4 Å². The van der Waals surface area contributed by atoms with Gasteiger partial charge in [-0.15, -0.1) is 0 Å². The van der Waals surface area contributed by atoms with Crippen LogP contribution in [0.1, 0.15) is 93.4 Å². The van der Waals surface area contributed by atoms with E-state index in [1.165, 1.54) is 0 Å². The Balaban J connectivity index is 4.94. The molecule has 0 aliphatic carbocycles. The number of hydrogen-bond acceptors (Lipinski definition) is 5. The van der Waals surface area contributed by atoms with E-state index in [1.54, 1.807) is 27.7 Å². The number of amides is 1. The van der Waals surface area contributed by atoms with Crippen LogP contribution in [0.4, 0.5) is 4.79 Å². The van der Waals surface area contributed by atoms with E-state index < -0.39 is 29.8 Å². The number of aliphatic hydroxyl groups is 1. The fourth-order valence-electron chi connectivity index (χ4n) is 3.29. The minimum atomic E-state index is -1.09. The molecule has 0 saturated carbocycles. The van der Waals surface area contributed by atoms with Gasteiger partial charge in [0.05, 0.1) is 12.2 Å². The lowest BCUT2D eigenvalue weighted by Crippen LogP contribution is -2.43. The lowest BCUT2D eigenvalue weighted by Gasteiger charge is -2.30. The zero-order valence-corrected chi connectivity index (χ0v) is 20.1. The van der Waals surface area contributed by atoms with Gasteiger partial charge in [-0.05, 0) is 65.7 Å². The van der Waals surface area contributed by atoms with Crippen molar-refractivity contribution >= 4 is 12.1 Å². The van der Waals surface area contributed by atoms with Crippen molar-refractivity contribution in [3.8, 4) is 0 Å². The van der Waals surface area contributed by atoms with Crippen LogP contribution in [0.5, 0.6) is 0 Å². The Kier molecular flexibility index (Phi) is 14.0. The van der Waals surface area contributed by atoms with Gasteiger partial charge in [0.1, 0.15) is 11.6 Å². The van der Waals surface area contributed by atoms with Crippen molar-refractivity contribution in [3.63, 3.8) is 0 Å². The second kappa shape index (κ2) is 14.6. The van der Waals surface area contributed by atoms with Crippen LogP contribution in [-0.2, 0) is 14.3 Å². The number of carboxylic acids is 1. The topological polar surface area (TPSA) is 105 Å². The van der Waals surface area contributed by atoms with E-state index >= 15 is 0 Å². The highest BCUT2D eigenvalue weighted by Gasteiger charge is 2.28. The van der Waals surface area contributed by atoms with E-state index in [2.05, 4.69) is 26.1 Å². The number of hydrogen-bond donors (Lipinski definition) is 3. The van der Waals surface area contributed by atoms with Gasteiger partial charge in [-0.1, -0.05) is 33.6 Å². The molecule has 7 nitrogen and oxygen atoms in total. The van der Waals surface area contributed by atoms with Gasteiger partial charge < -0.3 is 25.0 Å². The molecule has 1 amide bonds. The maximum atomic E-state index is 11.9. The first-order chi connectivity index (χ1) is 13.9. The number of aliphatic carboxylic acids is 1. The van der Waals surface area contributed by atoms with Gasteiger partial charge in [-0.25, -0.2) is 9.59 Å². The van der Waals surface area contributed by atoms with E-state index in [0.717, 1.165) is 25.7 Å². The summed E-state index contributed by atoms with van der Waals surface area (Å²) < 4.78 is 11.3. The molecule has 3 N–H and O–H groups in total. The summed E-state index contributed by atoms with van der Waals surface area (Å²) >= 11 is 0. The Morgan fingerprint density at radius 2 is 1.63 bits per heavy atom. The molecule has 0 spiro atoms. The van der Waals surface area contributed by atoms with Crippen molar-refractivity contribution in [2.75, 3.05) is 6.61 Å². The molecule has 178 valence electrons. The molecule has 0 unspecified atom stereocenters. The average molecular weight is 432 g/mol. The minimum Gasteiger partial charge on any atom is -0.480 e. The summed E-state index contributed by atoms with van der Waals surface area (Å²) in [6, 6.07) is -1.02. The molecule has 0 fully saturated rings. The molecular weight excluding hydrogens is 386 g/mol. The molecule has 0 rings (SSSR count). The smallest absolute Gasteiger partial charge is 0.408 e. The summed E-state index contributed by atoms with van der Waals surface area (Å²) in [6.45, 7) is 14.0. The first-order valence-corrected chi connectivity index (χ1v) is 11.4. The number of alkyl carbamates (subject to hydrolysis) is 1. The molecule has 0 aromatic rings. The summed E-state index contributed by atoms with van der Waals surface area (Å²) in [5, 5.41) is 22.2. The molecule has 30 heavy (non-hydrogen) atoms. The summed E-state index contributed by atoms with van der Waals surface area (Å²) in [7, 11) is 0. The molecule has 0 aromatic carbocycles. The third-order valence-electron chi connectivity index (χ3n) is 4.97. The largest absolute Gasteiger partial charge is 0.480 e. The van der Waals surface area contributed by atoms with Crippen LogP contribution >= 0.6 is 0 Å². The fourth-order valence-corrected chi connectivity index (χ4v) is 3.29. The highest BCUT2D eigenvalue weighted by molar-refractivity contribution is 5.79. The molecular formula is C23H45NO6. The highest BCUT2D eigenvalue weighted by Crippen LogP contribution is 2.26. The number of carbonyl (C=O) groups is 2. The SMILES string of the molecule is CCCCO[C@@H](CCC[C@H](NC(=O)OC(C)(C)C)C(=O)O)[C@@H](CCC(C)C)[C@H](C)O. The predicted molar refractivity (Wildman–Crippen MR) is 119 cm³/mol. The van der Waals surface area contributed by atoms with Crippen LogP contribution in [0, 0.1) is 11.8 Å². The monoisotopic (exact) mass is 431 g/mol. The summed E-state index contributed by atoms with van der Waals surface area (Å²) in [5.41, 5.74) is -0.688. The summed E-state index contributed by atoms with van der Waals surface area (Å²) in [5.74, 6) is -0.542. The standard InChI is InChI=1S/C23H45NO6/c1-8-9-15-29-20(18(17(4)25)14-13-16(2)3)12-10-11-19(21(26)27)24-22(28)30-23(5,6)7/h16-20,25H,8-15H2,1-7H3,(H,24,28)(H,26,27)/t17-,18-,19-,20-/m0/s1. The number of carboxylic acid groups (broad SMARTS) is 1. The molecule has 0 aliphatic rings. The number of ether oxygens (including phenoxy) is 2. The Morgan fingerprint density at radius 1 is 1.00 bits per heavy atom. The average Bonchev–Trinajstić information content (AvgIpc) is 2.58. The Hall–Kier alpha value is -1.34. The maximum Gasteiger partial charge on any atom is 0.408 e. The van der Waals surface area contributed by atoms with Crippen molar-refractivity contribution in [2.45, 2.75) is 117 Å². The zero-order chi connectivity index (χ0) is 23.3. The van der Waals surface area contributed by atoms with Crippen molar-refractivity contribution in [1.82, 2.24) is 5.32 Å². The Bertz CT molecular complexity index is 487. The number of carbonyl (C=O) groups excluding carboxylic acids is 1. The van der Waals surface area contributed by atoms with Crippen LogP contribution in [0.3, 0.4) is 0 Å². The van der Waals surface area contributed by atoms with Gasteiger partial charge in [0.25, 0.3) is 0 Å². The van der Waals surface area contributed by atoms with Crippen molar-refractivity contribution < 1.29 is 29.3 Å². The third kappa shape index (κ3) is 13.8. The molecule has 0 saturated heterocycles. The zero-order valence-electron chi connectivity index (χ0n) is 20.1. The first kappa shape index (κ1) is 28.7. The fraction of sp³-hybridized carbons (Fsp3) is 0.913. The van der Waals surface area contributed by atoms with E-state index in [1.807, 2.05) is 0 Å². The van der Waals surface area contributed by atoms with E-state index in [-0.39, 0.29) is 18.4 Å². The van der Waals surface area contributed by atoms with Crippen LogP contribution in [-0.4, -0.2) is 52.7 Å². The second-order valence-electron chi connectivity index (χ2n) is 9.61. The number of aliphatic hydroxyl groups excluding tert-OH is 1. The van der Waals surface area contributed by atoms with Gasteiger partial charge in [-0.2, -0.15) is 0 Å². The molecule has 0 aliphatic heterocycles. The van der Waals surface area contributed by atoms with Crippen molar-refractivity contribution in [3.05, 3.63) is 0 Å². The van der Waals surface area contributed by atoms with Gasteiger partial charge in [0, 0.05) is 12.5 Å². The summed E-state index contributed by atoms with van der Waals surface area (Å²) in [4.78, 5) is 23.5. The molecule has 0 heterocycles. The highest BCUT2D eigenvalue weighted by atomic mass is 16.6. The van der Waals surface area contributed by atoms with Gasteiger partial charge >= 0.3 is 12.1 Å². The molecule has 0 bridgehead atoms. The molecule has 4 atom stereocenters. The van der Waals surface area contributed by atoms with E-state index in [4.69, 9.17) is 9.47 Å². The lowest BCUT2D eigenvalue weighted by molar-refractivity contribution is -0.139. The summed E-state index contributed by atoms with van der Waals surface area (Å²) in [6.07, 6.45) is 3.96. The maximum absolute atomic E-state index is 11.9. The minimum absolute atomic E-state index is 0.00588. The van der Waals surface area contributed by atoms with Gasteiger partial charge in [-0.3, -0.25) is 0 Å². The molecule has 0 aromatic heterocycles. The Morgan fingerprint density at radius 3 is 2.10 bits per heavy atom. The van der Waals surface area contributed by atoms with Crippen LogP contribution in [0.2, 0.25) is 0 Å². The molecule has 0 radical (unpaired) electrons. The number of unbranched alkanes of at least 4 members (excludes halogenated alkanes) is 1. The van der Waals surface area contributed by atoms with Crippen molar-refractivity contribution in [1.29, 1.82) is 0 Å². The Labute approximate surface area is 182 Å². The van der Waals surface area contributed by atoms with Crippen LogP contribution in [0.15, 0.2) is 0 Å². The third-order valence-corrected chi connectivity index (χ3v) is 4.97. The molecule has 7 heteroatoms. The number of rotatable bonds is 15. The van der Waals surface area contributed by atoms with Crippen LogP contribution in [0.25, 0.3) is 0 Å². The van der Waals surface area contributed by atoms with Gasteiger partial charge in [0.2, 0.25) is 0 Å². The normalized spacial score (nSPS) is 16.0. The second-order valence-corrected chi connectivity index (χ2v) is 9.61. The lowest BCUT2D eigenvalue weighted by atomic mass is 9.86. The predicted octanol–water partition coefficient (Wildman–Crippen LogP) is 4.75. The van der Waals surface area contributed by atoms with Crippen molar-refractivity contribution in [2.24, 2.45) is 11.8 Å². The quantitative estimate of drug-likeness (QED) is 0.323. The van der Waals surface area contributed by atoms with E-state index in [9.17, 15) is 19.8 Å². The number of nitrogens with one attached hydrogen (secondary N) is 1. The first-order valence-electron chi connectivity index (χ1n) is 11.4. The van der Waals surface area contributed by atoms with Gasteiger partial charge in [0.15, 0.2) is 0 Å².